The Morgan fingerprint density at radius 1 is 1.28 bits per heavy atom. The van der Waals surface area contributed by atoms with E-state index in [4.69, 9.17) is 14.3 Å². The second-order valence-electron chi connectivity index (χ2n) is 6.11. The zero-order chi connectivity index (χ0) is 18.4. The Morgan fingerprint density at radius 3 is 2.60 bits per heavy atom. The number of carboxylic acids is 1. The molecule has 7 heteroatoms. The smallest absolute Gasteiger partial charge is 0.337 e. The number of aromatic carboxylic acids is 1. The van der Waals surface area contributed by atoms with E-state index in [1.807, 2.05) is 13.8 Å². The van der Waals surface area contributed by atoms with Crippen LogP contribution >= 0.6 is 0 Å². The Labute approximate surface area is 146 Å². The first kappa shape index (κ1) is 18.7. The number of pyridine rings is 1. The molecular weight excluding hydrogens is 324 g/mol. The lowest BCUT2D eigenvalue weighted by atomic mass is 10.1. The van der Waals surface area contributed by atoms with Crippen molar-refractivity contribution in [1.82, 2.24) is 10.3 Å². The molecule has 7 nitrogen and oxygen atoms in total. The molecule has 0 fully saturated rings. The fourth-order valence-electron chi connectivity index (χ4n) is 2.25. The molecule has 2 heterocycles. The van der Waals surface area contributed by atoms with E-state index in [9.17, 15) is 9.59 Å². The van der Waals surface area contributed by atoms with Gasteiger partial charge in [0, 0.05) is 6.61 Å². The summed E-state index contributed by atoms with van der Waals surface area (Å²) in [7, 11) is 0. The van der Waals surface area contributed by atoms with Gasteiger partial charge < -0.3 is 19.6 Å². The molecule has 1 unspecified atom stereocenters. The number of carboxylic acid groups (broad SMARTS) is 1. The van der Waals surface area contributed by atoms with Crippen LogP contribution in [0.25, 0.3) is 0 Å². The van der Waals surface area contributed by atoms with Gasteiger partial charge in [0.25, 0.3) is 5.91 Å². The van der Waals surface area contributed by atoms with Crippen molar-refractivity contribution in [2.45, 2.75) is 26.8 Å². The number of nitrogens with one attached hydrogen (secondary N) is 1. The van der Waals surface area contributed by atoms with Crippen molar-refractivity contribution in [3.8, 4) is 0 Å². The van der Waals surface area contributed by atoms with Crippen LogP contribution in [0.5, 0.6) is 0 Å². The third-order valence-electron chi connectivity index (χ3n) is 3.48. The lowest BCUT2D eigenvalue weighted by molar-refractivity contribution is 0.0692. The fourth-order valence-corrected chi connectivity index (χ4v) is 2.25. The SMILES string of the molecule is Cc1nc(C(=O)NC(COCC(C)C)c2ccco2)ccc1C(=O)O. The number of furan rings is 1. The van der Waals surface area contributed by atoms with Crippen LogP contribution in [0.3, 0.4) is 0 Å². The summed E-state index contributed by atoms with van der Waals surface area (Å²) in [6.07, 6.45) is 1.53. The van der Waals surface area contributed by atoms with E-state index in [1.165, 1.54) is 18.4 Å². The van der Waals surface area contributed by atoms with E-state index >= 15 is 0 Å². The number of rotatable bonds is 8. The van der Waals surface area contributed by atoms with Gasteiger partial charge in [0.1, 0.15) is 17.5 Å². The molecule has 0 aromatic carbocycles. The molecule has 0 saturated heterocycles. The van der Waals surface area contributed by atoms with Crippen molar-refractivity contribution in [2.75, 3.05) is 13.2 Å². The van der Waals surface area contributed by atoms with Gasteiger partial charge >= 0.3 is 5.97 Å². The Kier molecular flexibility index (Phi) is 6.30. The monoisotopic (exact) mass is 346 g/mol. The van der Waals surface area contributed by atoms with Crippen LogP contribution < -0.4 is 5.32 Å². The number of hydrogen-bond acceptors (Lipinski definition) is 5. The van der Waals surface area contributed by atoms with Crippen LogP contribution in [0.1, 0.15) is 52.2 Å². The summed E-state index contributed by atoms with van der Waals surface area (Å²) < 4.78 is 11.0. The summed E-state index contributed by atoms with van der Waals surface area (Å²) in [5.41, 5.74) is 0.494. The van der Waals surface area contributed by atoms with Gasteiger partial charge in [-0.3, -0.25) is 4.79 Å². The largest absolute Gasteiger partial charge is 0.478 e. The molecule has 2 aromatic heterocycles. The van der Waals surface area contributed by atoms with Crippen LogP contribution in [0.4, 0.5) is 0 Å². The Balaban J connectivity index is 2.11. The number of amides is 1. The minimum Gasteiger partial charge on any atom is -0.478 e. The highest BCUT2D eigenvalue weighted by Crippen LogP contribution is 2.16. The van der Waals surface area contributed by atoms with Gasteiger partial charge in [0.15, 0.2) is 0 Å². The summed E-state index contributed by atoms with van der Waals surface area (Å²) in [5, 5.41) is 11.9. The van der Waals surface area contributed by atoms with Gasteiger partial charge in [0.05, 0.1) is 24.1 Å². The molecule has 0 spiro atoms. The molecule has 1 atom stereocenters. The van der Waals surface area contributed by atoms with E-state index in [1.54, 1.807) is 19.1 Å². The number of hydrogen-bond donors (Lipinski definition) is 2. The lowest BCUT2D eigenvalue weighted by Crippen LogP contribution is -2.32. The fraction of sp³-hybridized carbons (Fsp3) is 0.389. The molecule has 0 aliphatic rings. The van der Waals surface area contributed by atoms with E-state index in [0.717, 1.165) is 0 Å². The van der Waals surface area contributed by atoms with Crippen LogP contribution in [0.2, 0.25) is 0 Å². The van der Waals surface area contributed by atoms with Crippen LogP contribution in [-0.2, 0) is 4.74 Å². The first-order chi connectivity index (χ1) is 11.9. The first-order valence-corrected chi connectivity index (χ1v) is 8.01. The number of ether oxygens (including phenoxy) is 1. The van der Waals surface area contributed by atoms with Gasteiger partial charge in [0.2, 0.25) is 0 Å². The maximum atomic E-state index is 12.5. The predicted octanol–water partition coefficient (Wildman–Crippen LogP) is 2.82. The summed E-state index contributed by atoms with van der Waals surface area (Å²) in [6.45, 7) is 6.46. The van der Waals surface area contributed by atoms with E-state index in [0.29, 0.717) is 18.3 Å². The van der Waals surface area contributed by atoms with Crippen LogP contribution in [0.15, 0.2) is 34.9 Å². The Bertz CT molecular complexity index is 725. The third kappa shape index (κ3) is 5.15. The first-order valence-electron chi connectivity index (χ1n) is 8.01. The average molecular weight is 346 g/mol. The van der Waals surface area contributed by atoms with Crippen LogP contribution in [-0.4, -0.2) is 35.2 Å². The molecule has 0 radical (unpaired) electrons. The normalized spacial score (nSPS) is 12.2. The molecule has 134 valence electrons. The van der Waals surface area contributed by atoms with Gasteiger partial charge in [-0.05, 0) is 37.1 Å². The van der Waals surface area contributed by atoms with Gasteiger partial charge in [-0.2, -0.15) is 0 Å². The van der Waals surface area contributed by atoms with Crippen molar-refractivity contribution >= 4 is 11.9 Å². The lowest BCUT2D eigenvalue weighted by Gasteiger charge is -2.17. The molecule has 0 bridgehead atoms. The molecule has 2 rings (SSSR count). The number of aryl methyl sites for hydroxylation is 1. The molecule has 1 amide bonds. The standard InChI is InChI=1S/C18H22N2O5/c1-11(2)9-24-10-15(16-5-4-8-25-16)20-17(21)14-7-6-13(18(22)23)12(3)19-14/h4-8,11,15H,9-10H2,1-3H3,(H,20,21)(H,22,23). The van der Waals surface area contributed by atoms with Crippen molar-refractivity contribution in [3.05, 3.63) is 53.2 Å². The van der Waals surface area contributed by atoms with Gasteiger partial charge in [-0.15, -0.1) is 0 Å². The van der Waals surface area contributed by atoms with Crippen molar-refractivity contribution < 1.29 is 23.8 Å². The maximum absolute atomic E-state index is 12.5. The average Bonchev–Trinajstić information content (AvgIpc) is 3.07. The second-order valence-corrected chi connectivity index (χ2v) is 6.11. The number of carbonyl (C=O) groups is 2. The highest BCUT2D eigenvalue weighted by molar-refractivity contribution is 5.94. The number of nitrogens with zero attached hydrogens (tertiary/aromatic N) is 1. The zero-order valence-corrected chi connectivity index (χ0v) is 14.5. The predicted molar refractivity (Wildman–Crippen MR) is 90.5 cm³/mol. The van der Waals surface area contributed by atoms with E-state index in [-0.39, 0.29) is 23.6 Å². The molecule has 0 aliphatic heterocycles. The van der Waals surface area contributed by atoms with Gasteiger partial charge in [-0.1, -0.05) is 13.8 Å². The highest BCUT2D eigenvalue weighted by Gasteiger charge is 2.20. The molecule has 2 aromatic rings. The molecule has 0 saturated carbocycles. The maximum Gasteiger partial charge on any atom is 0.337 e. The van der Waals surface area contributed by atoms with Crippen molar-refractivity contribution in [1.29, 1.82) is 0 Å². The summed E-state index contributed by atoms with van der Waals surface area (Å²) in [4.78, 5) is 27.6. The number of carbonyl (C=O) groups excluding carboxylic acids is 1. The summed E-state index contributed by atoms with van der Waals surface area (Å²) >= 11 is 0. The summed E-state index contributed by atoms with van der Waals surface area (Å²) in [6, 6.07) is 5.80. The minimum absolute atomic E-state index is 0.0689. The molecular formula is C18H22N2O5. The zero-order valence-electron chi connectivity index (χ0n) is 14.5. The topological polar surface area (TPSA) is 102 Å². The van der Waals surface area contributed by atoms with E-state index < -0.39 is 17.9 Å². The number of aromatic nitrogens is 1. The minimum atomic E-state index is -1.08. The molecule has 2 N–H and O–H groups in total. The van der Waals surface area contributed by atoms with Crippen molar-refractivity contribution in [3.63, 3.8) is 0 Å². The Morgan fingerprint density at radius 2 is 2.04 bits per heavy atom. The second kappa shape index (κ2) is 8.43. The summed E-state index contributed by atoms with van der Waals surface area (Å²) in [5.74, 6) is -0.543. The quantitative estimate of drug-likeness (QED) is 0.762. The Hall–Kier alpha value is -2.67. The van der Waals surface area contributed by atoms with Crippen molar-refractivity contribution in [2.24, 2.45) is 5.92 Å². The third-order valence-corrected chi connectivity index (χ3v) is 3.48. The molecule has 25 heavy (non-hydrogen) atoms. The highest BCUT2D eigenvalue weighted by atomic mass is 16.5. The van der Waals surface area contributed by atoms with E-state index in [2.05, 4.69) is 10.3 Å². The van der Waals surface area contributed by atoms with Crippen LogP contribution in [0, 0.1) is 12.8 Å². The van der Waals surface area contributed by atoms with Gasteiger partial charge in [-0.25, -0.2) is 9.78 Å². The molecule has 0 aliphatic carbocycles.